The third-order valence-electron chi connectivity index (χ3n) is 5.54. The Bertz CT molecular complexity index is 901. The summed E-state index contributed by atoms with van der Waals surface area (Å²) in [5.41, 5.74) is -0.836. The van der Waals surface area contributed by atoms with E-state index in [1.54, 1.807) is 13.8 Å². The van der Waals surface area contributed by atoms with Crippen molar-refractivity contribution >= 4 is 35.4 Å². The predicted octanol–water partition coefficient (Wildman–Crippen LogP) is -2.57. The number of nitrogens with one attached hydrogen (secondary N) is 6. The minimum atomic E-state index is -1.17. The predicted molar refractivity (Wildman–Crippen MR) is 125 cm³/mol. The second-order valence-electron chi connectivity index (χ2n) is 9.52. The van der Waals surface area contributed by atoms with Gasteiger partial charge in [-0.05, 0) is 26.2 Å². The van der Waals surface area contributed by atoms with Crippen LogP contribution in [-0.4, -0.2) is 83.8 Å². The molecule has 0 aromatic carbocycles. The van der Waals surface area contributed by atoms with Gasteiger partial charge in [0.05, 0.1) is 5.66 Å². The van der Waals surface area contributed by atoms with Gasteiger partial charge >= 0.3 is 0 Å². The molecule has 13 nitrogen and oxygen atoms in total. The van der Waals surface area contributed by atoms with E-state index >= 15 is 0 Å². The summed E-state index contributed by atoms with van der Waals surface area (Å²) in [7, 11) is 0. The number of fused-ring (bicyclic) bond motifs is 2. The molecule has 0 aromatic heterocycles. The van der Waals surface area contributed by atoms with Crippen LogP contribution in [0.15, 0.2) is 12.3 Å². The van der Waals surface area contributed by atoms with Crippen molar-refractivity contribution in [1.29, 1.82) is 0 Å². The summed E-state index contributed by atoms with van der Waals surface area (Å²) in [6.07, 6.45) is 2.52. The van der Waals surface area contributed by atoms with Crippen molar-refractivity contribution in [3.05, 3.63) is 12.3 Å². The SMILES string of the molecule is CC(=O)NC=CC(=O)NCC1NC(=O)C(CC(C)C)NC(=O)CN2C(=O)C(CNC1=O)NC2(C)C. The maximum Gasteiger partial charge on any atom is 0.245 e. The highest BCUT2D eigenvalue weighted by atomic mass is 16.2. The van der Waals surface area contributed by atoms with Crippen LogP contribution in [0.4, 0.5) is 0 Å². The molecule has 0 aliphatic carbocycles. The molecule has 0 spiro atoms. The quantitative estimate of drug-likeness (QED) is 0.220. The van der Waals surface area contributed by atoms with Crippen LogP contribution < -0.4 is 31.9 Å². The lowest BCUT2D eigenvalue weighted by molar-refractivity contribution is -0.137. The van der Waals surface area contributed by atoms with Crippen LogP contribution in [-0.2, 0) is 28.8 Å². The van der Waals surface area contributed by atoms with Crippen LogP contribution in [0.3, 0.4) is 0 Å². The van der Waals surface area contributed by atoms with Crippen LogP contribution in [0.5, 0.6) is 0 Å². The number of hydrogen-bond acceptors (Lipinski definition) is 7. The van der Waals surface area contributed by atoms with Gasteiger partial charge in [-0.15, -0.1) is 0 Å². The fourth-order valence-corrected chi connectivity index (χ4v) is 3.83. The van der Waals surface area contributed by atoms with E-state index in [0.29, 0.717) is 6.42 Å². The van der Waals surface area contributed by atoms with E-state index in [-0.39, 0.29) is 37.4 Å². The van der Waals surface area contributed by atoms with Crippen LogP contribution in [0.2, 0.25) is 0 Å². The Hall–Kier alpha value is -3.48. The zero-order chi connectivity index (χ0) is 26.3. The van der Waals surface area contributed by atoms with E-state index in [1.165, 1.54) is 11.8 Å². The van der Waals surface area contributed by atoms with Gasteiger partial charge in [0, 0.05) is 32.3 Å². The molecule has 0 radical (unpaired) electrons. The molecule has 2 aliphatic heterocycles. The number of nitrogens with zero attached hydrogens (tertiary/aromatic N) is 1. The lowest BCUT2D eigenvalue weighted by atomic mass is 10.0. The summed E-state index contributed by atoms with van der Waals surface area (Å²) in [5.74, 6) is -2.95. The minimum Gasteiger partial charge on any atom is -0.352 e. The number of rotatable bonds is 6. The third kappa shape index (κ3) is 8.05. The number of carbonyl (C=O) groups excluding carboxylic acids is 6. The van der Waals surface area contributed by atoms with Crippen LogP contribution in [0.25, 0.3) is 0 Å². The lowest BCUT2D eigenvalue weighted by Gasteiger charge is -2.31. The first kappa shape index (κ1) is 27.8. The lowest BCUT2D eigenvalue weighted by Crippen LogP contribution is -2.59. The fourth-order valence-electron chi connectivity index (χ4n) is 3.83. The van der Waals surface area contributed by atoms with Gasteiger partial charge in [-0.3, -0.25) is 34.1 Å². The Balaban J connectivity index is 2.25. The highest BCUT2D eigenvalue weighted by Crippen LogP contribution is 2.20. The molecule has 2 bridgehead atoms. The maximum atomic E-state index is 13.0. The molecule has 6 amide bonds. The van der Waals surface area contributed by atoms with Crippen molar-refractivity contribution in [1.82, 2.24) is 36.8 Å². The van der Waals surface area contributed by atoms with Crippen molar-refractivity contribution in [3.63, 3.8) is 0 Å². The molecule has 2 aliphatic rings. The zero-order valence-corrected chi connectivity index (χ0v) is 20.7. The molecule has 6 N–H and O–H groups in total. The van der Waals surface area contributed by atoms with E-state index < -0.39 is 47.4 Å². The van der Waals surface area contributed by atoms with E-state index in [0.717, 1.165) is 12.3 Å². The van der Waals surface area contributed by atoms with Crippen molar-refractivity contribution in [2.45, 2.75) is 64.8 Å². The highest BCUT2D eigenvalue weighted by Gasteiger charge is 2.45. The summed E-state index contributed by atoms with van der Waals surface area (Å²) >= 11 is 0. The first-order chi connectivity index (χ1) is 16.3. The molecule has 194 valence electrons. The molecule has 13 heteroatoms. The molecule has 2 rings (SSSR count). The fraction of sp³-hybridized carbons (Fsp3) is 0.636. The first-order valence-corrected chi connectivity index (χ1v) is 11.5. The summed E-state index contributed by atoms with van der Waals surface area (Å²) in [5, 5.41) is 15.8. The molecular formula is C22H35N7O6. The standard InChI is InChI=1S/C22H35N7O6/c1-12(2)8-14-20(34)27-15(9-24-17(31)6-7-23-13(3)30)19(33)25-10-16-21(35)29(11-18(32)26-14)22(4,5)28-16/h6-7,12,14-16,28H,8-11H2,1-5H3,(H,23,30)(H,24,31)(H,25,33)(H,26,32)(H,27,34). The Morgan fingerprint density at radius 2 is 1.80 bits per heavy atom. The van der Waals surface area contributed by atoms with Crippen LogP contribution in [0, 0.1) is 5.92 Å². The average Bonchev–Trinajstić information content (AvgIpc) is 2.96. The molecule has 2 heterocycles. The number of hydrogen-bond donors (Lipinski definition) is 6. The number of amides is 6. The van der Waals surface area contributed by atoms with Gasteiger partial charge < -0.3 is 31.5 Å². The van der Waals surface area contributed by atoms with Gasteiger partial charge in [0.1, 0.15) is 24.7 Å². The molecule has 0 saturated carbocycles. The van der Waals surface area contributed by atoms with Crippen molar-refractivity contribution in [3.8, 4) is 0 Å². The van der Waals surface area contributed by atoms with Gasteiger partial charge in [-0.2, -0.15) is 0 Å². The van der Waals surface area contributed by atoms with Crippen molar-refractivity contribution < 1.29 is 28.8 Å². The normalized spacial score (nSPS) is 25.2. The Morgan fingerprint density at radius 3 is 2.43 bits per heavy atom. The van der Waals surface area contributed by atoms with Gasteiger partial charge in [0.15, 0.2) is 0 Å². The molecule has 3 unspecified atom stereocenters. The average molecular weight is 494 g/mol. The summed E-state index contributed by atoms with van der Waals surface area (Å²) in [4.78, 5) is 75.9. The van der Waals surface area contributed by atoms with Gasteiger partial charge in [0.2, 0.25) is 35.4 Å². The Morgan fingerprint density at radius 1 is 1.11 bits per heavy atom. The Labute approximate surface area is 204 Å². The van der Waals surface area contributed by atoms with Gasteiger partial charge in [-0.25, -0.2) is 0 Å². The minimum absolute atomic E-state index is 0.0449. The zero-order valence-electron chi connectivity index (χ0n) is 20.7. The van der Waals surface area contributed by atoms with E-state index in [9.17, 15) is 28.8 Å². The third-order valence-corrected chi connectivity index (χ3v) is 5.54. The molecule has 35 heavy (non-hydrogen) atoms. The van der Waals surface area contributed by atoms with Crippen LogP contribution in [0.1, 0.15) is 41.0 Å². The van der Waals surface area contributed by atoms with E-state index in [2.05, 4.69) is 31.9 Å². The number of carbonyl (C=O) groups is 6. The molecule has 0 aromatic rings. The van der Waals surface area contributed by atoms with Crippen molar-refractivity contribution in [2.75, 3.05) is 19.6 Å². The van der Waals surface area contributed by atoms with Crippen molar-refractivity contribution in [2.24, 2.45) is 5.92 Å². The van der Waals surface area contributed by atoms with Crippen LogP contribution >= 0.6 is 0 Å². The second kappa shape index (κ2) is 11.8. The topological polar surface area (TPSA) is 178 Å². The molecule has 3 atom stereocenters. The largest absolute Gasteiger partial charge is 0.352 e. The van der Waals surface area contributed by atoms with E-state index in [4.69, 9.17) is 0 Å². The Kier molecular flexibility index (Phi) is 9.34. The van der Waals surface area contributed by atoms with Gasteiger partial charge in [-0.1, -0.05) is 13.8 Å². The van der Waals surface area contributed by atoms with Gasteiger partial charge in [0.25, 0.3) is 0 Å². The molecule has 2 saturated heterocycles. The summed E-state index contributed by atoms with van der Waals surface area (Å²) in [6, 6.07) is -2.88. The molecular weight excluding hydrogens is 458 g/mol. The summed E-state index contributed by atoms with van der Waals surface area (Å²) in [6.45, 7) is 7.97. The summed E-state index contributed by atoms with van der Waals surface area (Å²) < 4.78 is 0. The highest BCUT2D eigenvalue weighted by molar-refractivity contribution is 5.96. The monoisotopic (exact) mass is 493 g/mol. The smallest absolute Gasteiger partial charge is 0.245 e. The molecule has 2 fully saturated rings. The maximum absolute atomic E-state index is 13.0. The second-order valence-corrected chi connectivity index (χ2v) is 9.52. The first-order valence-electron chi connectivity index (χ1n) is 11.5. The van der Waals surface area contributed by atoms with E-state index in [1.807, 2.05) is 13.8 Å².